The van der Waals surface area contributed by atoms with E-state index in [1.54, 1.807) is 0 Å². The van der Waals surface area contributed by atoms with Gasteiger partial charge in [0.2, 0.25) is 21.8 Å². The first-order valence-corrected chi connectivity index (χ1v) is 14.1. The average Bonchev–Trinajstić information content (AvgIpc) is 2.85. The minimum atomic E-state index is -3.92. The fraction of sp³-hybridized carbons (Fsp3) is 0.259. The lowest BCUT2D eigenvalue weighted by Crippen LogP contribution is -2.53. The first-order chi connectivity index (χ1) is 17.5. The molecule has 0 aliphatic rings. The Labute approximate surface area is 228 Å². The number of sulfonamides is 1. The van der Waals surface area contributed by atoms with Gasteiger partial charge in [0, 0.05) is 25.0 Å². The van der Waals surface area contributed by atoms with Crippen molar-refractivity contribution in [2.24, 2.45) is 0 Å². The second-order valence-electron chi connectivity index (χ2n) is 8.63. The molecule has 1 atom stereocenters. The number of nitrogens with zero attached hydrogens (tertiary/aromatic N) is 2. The van der Waals surface area contributed by atoms with Crippen molar-refractivity contribution in [3.63, 3.8) is 0 Å². The number of anilines is 1. The van der Waals surface area contributed by atoms with E-state index in [-0.39, 0.29) is 29.6 Å². The topological polar surface area (TPSA) is 86.8 Å². The third kappa shape index (κ3) is 7.47. The Kier molecular flexibility index (Phi) is 9.59. The first kappa shape index (κ1) is 28.5. The van der Waals surface area contributed by atoms with Gasteiger partial charge in [0.25, 0.3) is 0 Å². The summed E-state index contributed by atoms with van der Waals surface area (Å²) in [4.78, 5) is 28.4. The SMILES string of the molecule is CNC(=O)[C@H](Cc1ccccc1)N(Cc1ccccc1C)C(=O)CN(c1ccc(Cl)cc1Cl)S(C)(=O)=O. The van der Waals surface area contributed by atoms with Crippen LogP contribution in [-0.4, -0.2) is 51.0 Å². The number of likely N-dealkylation sites (N-methyl/N-ethyl adjacent to an activating group) is 1. The lowest BCUT2D eigenvalue weighted by molar-refractivity contribution is -0.139. The zero-order valence-corrected chi connectivity index (χ0v) is 23.1. The highest BCUT2D eigenvalue weighted by Crippen LogP contribution is 2.30. The van der Waals surface area contributed by atoms with Gasteiger partial charge in [-0.2, -0.15) is 0 Å². The maximum Gasteiger partial charge on any atom is 0.244 e. The number of hydrogen-bond donors (Lipinski definition) is 1. The number of aryl methyl sites for hydroxylation is 1. The summed E-state index contributed by atoms with van der Waals surface area (Å²) in [6, 6.07) is 20.4. The quantitative estimate of drug-likeness (QED) is 0.396. The Balaban J connectivity index is 2.06. The molecule has 3 rings (SSSR count). The first-order valence-electron chi connectivity index (χ1n) is 11.5. The highest BCUT2D eigenvalue weighted by atomic mass is 35.5. The van der Waals surface area contributed by atoms with Crippen molar-refractivity contribution in [2.75, 3.05) is 24.2 Å². The fourth-order valence-electron chi connectivity index (χ4n) is 3.97. The van der Waals surface area contributed by atoms with Gasteiger partial charge in [-0.1, -0.05) is 77.8 Å². The zero-order valence-electron chi connectivity index (χ0n) is 20.8. The molecule has 7 nitrogen and oxygen atoms in total. The van der Waals surface area contributed by atoms with Gasteiger partial charge in [-0.25, -0.2) is 8.42 Å². The molecule has 0 aromatic heterocycles. The minimum absolute atomic E-state index is 0.0864. The second-order valence-corrected chi connectivity index (χ2v) is 11.4. The predicted molar refractivity (Wildman–Crippen MR) is 148 cm³/mol. The summed E-state index contributed by atoms with van der Waals surface area (Å²) in [7, 11) is -2.41. The van der Waals surface area contributed by atoms with E-state index in [2.05, 4.69) is 5.32 Å². The molecule has 196 valence electrons. The van der Waals surface area contributed by atoms with E-state index in [1.807, 2.05) is 61.5 Å². The number of carbonyl (C=O) groups is 2. The molecule has 3 aromatic carbocycles. The Hall–Kier alpha value is -3.07. The summed E-state index contributed by atoms with van der Waals surface area (Å²) in [5.74, 6) is -0.912. The van der Waals surface area contributed by atoms with Crippen LogP contribution in [0.15, 0.2) is 72.8 Å². The minimum Gasteiger partial charge on any atom is -0.357 e. The molecule has 0 spiro atoms. The maximum absolute atomic E-state index is 13.9. The van der Waals surface area contributed by atoms with E-state index in [4.69, 9.17) is 23.2 Å². The van der Waals surface area contributed by atoms with E-state index in [9.17, 15) is 18.0 Å². The number of halogens is 2. The molecule has 0 aliphatic carbocycles. The summed E-state index contributed by atoms with van der Waals surface area (Å²) < 4.78 is 26.5. The van der Waals surface area contributed by atoms with E-state index in [0.29, 0.717) is 5.02 Å². The third-order valence-corrected chi connectivity index (χ3v) is 7.64. The number of benzene rings is 3. The number of nitrogens with one attached hydrogen (secondary N) is 1. The molecule has 37 heavy (non-hydrogen) atoms. The third-order valence-electron chi connectivity index (χ3n) is 5.98. The summed E-state index contributed by atoms with van der Waals surface area (Å²) in [6.07, 6.45) is 1.25. The average molecular weight is 563 g/mol. The van der Waals surface area contributed by atoms with Crippen molar-refractivity contribution in [1.82, 2.24) is 10.2 Å². The molecule has 0 heterocycles. The molecule has 0 fully saturated rings. The lowest BCUT2D eigenvalue weighted by Gasteiger charge is -2.33. The number of amides is 2. The molecular formula is C27H29Cl2N3O4S. The van der Waals surface area contributed by atoms with Gasteiger partial charge in [0.05, 0.1) is 17.0 Å². The molecule has 2 amide bonds. The number of rotatable bonds is 10. The Morgan fingerprint density at radius 1 is 0.973 bits per heavy atom. The largest absolute Gasteiger partial charge is 0.357 e. The van der Waals surface area contributed by atoms with Crippen LogP contribution < -0.4 is 9.62 Å². The normalized spacial score (nSPS) is 12.0. The van der Waals surface area contributed by atoms with Gasteiger partial charge in [0.15, 0.2) is 0 Å². The Bertz CT molecular complexity index is 1370. The second kappa shape index (κ2) is 12.4. The van der Waals surface area contributed by atoms with Crippen molar-refractivity contribution in [2.45, 2.75) is 25.9 Å². The molecule has 0 bridgehead atoms. The van der Waals surface area contributed by atoms with Crippen molar-refractivity contribution in [3.05, 3.63) is 99.5 Å². The van der Waals surface area contributed by atoms with Crippen LogP contribution in [0.5, 0.6) is 0 Å². The molecule has 0 radical (unpaired) electrons. The van der Waals surface area contributed by atoms with Gasteiger partial charge < -0.3 is 10.2 Å². The summed E-state index contributed by atoms with van der Waals surface area (Å²) >= 11 is 12.3. The molecule has 0 saturated heterocycles. The molecule has 0 unspecified atom stereocenters. The predicted octanol–water partition coefficient (Wildman–Crippen LogP) is 4.45. The molecule has 3 aromatic rings. The van der Waals surface area contributed by atoms with Gasteiger partial charge in [-0.05, 0) is 41.8 Å². The van der Waals surface area contributed by atoms with Crippen LogP contribution in [0.1, 0.15) is 16.7 Å². The summed E-state index contributed by atoms with van der Waals surface area (Å²) in [6.45, 7) is 1.48. The van der Waals surface area contributed by atoms with Crippen molar-refractivity contribution in [1.29, 1.82) is 0 Å². The number of hydrogen-bond acceptors (Lipinski definition) is 4. The van der Waals surface area contributed by atoms with Crippen LogP contribution in [0.2, 0.25) is 10.0 Å². The highest BCUT2D eigenvalue weighted by Gasteiger charge is 2.33. The Morgan fingerprint density at radius 2 is 1.62 bits per heavy atom. The van der Waals surface area contributed by atoms with Gasteiger partial charge in [-0.3, -0.25) is 13.9 Å². The highest BCUT2D eigenvalue weighted by molar-refractivity contribution is 7.92. The fourth-order valence-corrected chi connectivity index (χ4v) is 5.39. The molecule has 1 N–H and O–H groups in total. The van der Waals surface area contributed by atoms with Crippen molar-refractivity contribution >= 4 is 50.7 Å². The molecule has 0 saturated carbocycles. The van der Waals surface area contributed by atoms with Crippen LogP contribution >= 0.6 is 23.2 Å². The van der Waals surface area contributed by atoms with Crippen molar-refractivity contribution in [3.8, 4) is 0 Å². The van der Waals surface area contributed by atoms with Gasteiger partial charge in [-0.15, -0.1) is 0 Å². The van der Waals surface area contributed by atoms with Crippen LogP contribution in [-0.2, 0) is 32.6 Å². The summed E-state index contributed by atoms with van der Waals surface area (Å²) in [5.41, 5.74) is 2.77. The zero-order chi connectivity index (χ0) is 27.2. The van der Waals surface area contributed by atoms with Crippen LogP contribution in [0.3, 0.4) is 0 Å². The van der Waals surface area contributed by atoms with Crippen molar-refractivity contribution < 1.29 is 18.0 Å². The van der Waals surface area contributed by atoms with Crippen LogP contribution in [0.4, 0.5) is 5.69 Å². The van der Waals surface area contributed by atoms with Crippen LogP contribution in [0.25, 0.3) is 0 Å². The standard InChI is InChI=1S/C27H29Cl2N3O4S/c1-19-9-7-8-12-21(19)17-31(25(27(34)30-2)15-20-10-5-4-6-11-20)26(33)18-32(37(3,35)36)24-14-13-22(28)16-23(24)29/h4-14,16,25H,15,17-18H2,1-3H3,(H,30,34)/t25-/m0/s1. The molecular weight excluding hydrogens is 533 g/mol. The smallest absolute Gasteiger partial charge is 0.244 e. The van der Waals surface area contributed by atoms with E-state index >= 15 is 0 Å². The summed E-state index contributed by atoms with van der Waals surface area (Å²) in [5, 5.41) is 3.07. The van der Waals surface area contributed by atoms with E-state index in [0.717, 1.165) is 27.3 Å². The van der Waals surface area contributed by atoms with E-state index < -0.39 is 28.5 Å². The number of carbonyl (C=O) groups excluding carboxylic acids is 2. The molecule has 10 heteroatoms. The van der Waals surface area contributed by atoms with Gasteiger partial charge >= 0.3 is 0 Å². The van der Waals surface area contributed by atoms with E-state index in [1.165, 1.54) is 30.1 Å². The van der Waals surface area contributed by atoms with Gasteiger partial charge in [0.1, 0.15) is 12.6 Å². The molecule has 0 aliphatic heterocycles. The maximum atomic E-state index is 13.9. The Morgan fingerprint density at radius 3 is 2.22 bits per heavy atom. The monoisotopic (exact) mass is 561 g/mol. The lowest BCUT2D eigenvalue weighted by atomic mass is 10.0. The van der Waals surface area contributed by atoms with Crippen LogP contribution in [0, 0.1) is 6.92 Å².